The molecule has 18 nitrogen and oxygen atoms in total. The average molecular weight is 1070 g/mol. The third-order valence-electron chi connectivity index (χ3n) is 22.9. The van der Waals surface area contributed by atoms with E-state index in [0.29, 0.717) is 80.7 Å². The minimum Gasteiger partial charge on any atom is -0.453 e. The van der Waals surface area contributed by atoms with E-state index >= 15 is 0 Å². The second-order valence-electron chi connectivity index (χ2n) is 26.2. The summed E-state index contributed by atoms with van der Waals surface area (Å²) in [6, 6.07) is -0.387. The van der Waals surface area contributed by atoms with Gasteiger partial charge in [0.15, 0.2) is 23.3 Å². The van der Waals surface area contributed by atoms with Crippen LogP contribution in [-0.4, -0.2) is 147 Å². The fraction of sp³-hybridized carbons (Fsp3) is 0.821. The SMILES string of the molecule is CC(=O)OC1(C(C)=O)CCC2C3C=C(C)C4=CC(=O)CCC4(C)C3CCC21C.CC=C(C)C(=O)OC1CCC2(C)C3CCC4C5(O)CC(O)C6(O)C(CN7CC(C)CCC7C6(C)O)C5(O)CC42OC13O.O=S(=O)(O)O. The van der Waals surface area contributed by atoms with E-state index in [0.717, 1.165) is 32.1 Å². The quantitative estimate of drug-likeness (QED) is 0.105. The Morgan fingerprint density at radius 2 is 1.44 bits per heavy atom. The largest absolute Gasteiger partial charge is 0.453 e. The molecule has 11 aliphatic rings. The minimum absolute atomic E-state index is 0.0160. The molecule has 11 rings (SSSR count). The highest BCUT2D eigenvalue weighted by molar-refractivity contribution is 7.79. The van der Waals surface area contributed by atoms with Gasteiger partial charge in [-0.15, -0.1) is 0 Å². The summed E-state index contributed by atoms with van der Waals surface area (Å²) >= 11 is 0. The van der Waals surface area contributed by atoms with Crippen molar-refractivity contribution in [2.75, 3.05) is 13.1 Å². The summed E-state index contributed by atoms with van der Waals surface area (Å²) in [5.74, 6) is -3.02. The van der Waals surface area contributed by atoms with E-state index in [-0.39, 0.29) is 53.8 Å². The van der Waals surface area contributed by atoms with Crippen LogP contribution in [0.3, 0.4) is 0 Å². The minimum atomic E-state index is -4.67. The highest BCUT2D eigenvalue weighted by Gasteiger charge is 2.89. The van der Waals surface area contributed by atoms with E-state index in [1.54, 1.807) is 33.8 Å². The molecule has 0 radical (unpaired) electrons. The zero-order valence-corrected chi connectivity index (χ0v) is 46.2. The van der Waals surface area contributed by atoms with E-state index in [1.807, 2.05) is 13.0 Å². The predicted octanol–water partition coefficient (Wildman–Crippen LogP) is 4.91. The molecule has 3 heterocycles. The smallest absolute Gasteiger partial charge is 0.394 e. The van der Waals surface area contributed by atoms with Crippen molar-refractivity contribution >= 4 is 33.9 Å². The number of ether oxygens (including phenoxy) is 3. The molecule has 420 valence electrons. The maximum absolute atomic E-state index is 12.9. The summed E-state index contributed by atoms with van der Waals surface area (Å²) in [7, 11) is -4.67. The van der Waals surface area contributed by atoms with Crippen molar-refractivity contribution in [1.82, 2.24) is 4.90 Å². The normalized spacial score (nSPS) is 51.2. The number of hydrogen-bond acceptors (Lipinski definition) is 16. The molecular weight excluding hydrogens is 991 g/mol. The molecule has 0 aromatic rings. The van der Waals surface area contributed by atoms with Crippen LogP contribution in [0.4, 0.5) is 0 Å². The molecule has 3 aliphatic heterocycles. The Kier molecular flexibility index (Phi) is 13.6. The summed E-state index contributed by atoms with van der Waals surface area (Å²) in [5.41, 5.74) is -7.81. The second kappa shape index (κ2) is 18.0. The number of carbonyl (C=O) groups is 4. The molecule has 8 aliphatic carbocycles. The van der Waals surface area contributed by atoms with Gasteiger partial charge in [0.25, 0.3) is 0 Å². The van der Waals surface area contributed by atoms with Gasteiger partial charge in [0.1, 0.15) is 22.4 Å². The van der Waals surface area contributed by atoms with Crippen LogP contribution in [0, 0.1) is 57.7 Å². The molecule has 6 saturated carbocycles. The first-order valence-electron chi connectivity index (χ1n) is 27.4. The van der Waals surface area contributed by atoms with E-state index in [9.17, 15) is 49.8 Å². The lowest BCUT2D eigenvalue weighted by atomic mass is 9.47. The lowest BCUT2D eigenvalue weighted by Crippen LogP contribution is -2.85. The topological polar surface area (TPSA) is 295 Å². The summed E-state index contributed by atoms with van der Waals surface area (Å²) in [6.07, 6.45) is 11.5. The van der Waals surface area contributed by atoms with E-state index in [4.69, 9.17) is 31.7 Å². The third kappa shape index (κ3) is 7.75. The Morgan fingerprint density at radius 3 is 2.07 bits per heavy atom. The number of carbonyl (C=O) groups excluding carboxylic acids is 4. The number of allylic oxidation sites excluding steroid dienone is 5. The molecule has 20 atom stereocenters. The number of aliphatic hydroxyl groups is 6. The zero-order chi connectivity index (χ0) is 55.4. The van der Waals surface area contributed by atoms with Gasteiger partial charge in [-0.1, -0.05) is 45.4 Å². The number of Topliss-reactive ketones (excluding diaryl/α,β-unsaturated/α-hetero) is 1. The van der Waals surface area contributed by atoms with Gasteiger partial charge in [-0.25, -0.2) is 4.79 Å². The van der Waals surface area contributed by atoms with Crippen LogP contribution in [0.15, 0.2) is 34.9 Å². The van der Waals surface area contributed by atoms with Gasteiger partial charge in [0.05, 0.1) is 11.7 Å². The standard InChI is InChI=1S/C32H49NO9.C24H32O4.H2O4S/c1-6-18(3)25(35)41-24-11-12-26(4)19-8-9-20-28(37)13-23(34)31(39)21(29(28,38)16-30(20,26)42-32(19,24)40)15-33-14-17(2)7-10-22(33)27(31,5)36;1-14-12-18-19(22(4)9-6-17(27)13-21(14)22)7-10-23(5)20(18)8-11-24(23,15(2)25)28-16(3)26;1-5(2,3)4/h6,17,19-24,34,36-40H,7-16H2,1-5H3;12-13,18-20H,6-11H2,1-5H3;(H2,1,2,3,4). The Morgan fingerprint density at radius 1 is 0.813 bits per heavy atom. The van der Waals surface area contributed by atoms with Crippen molar-refractivity contribution in [3.05, 3.63) is 34.9 Å². The second-order valence-corrected chi connectivity index (χ2v) is 27.1. The van der Waals surface area contributed by atoms with Crippen molar-refractivity contribution in [1.29, 1.82) is 0 Å². The highest BCUT2D eigenvalue weighted by atomic mass is 32.3. The molecule has 0 aromatic heterocycles. The molecule has 8 N–H and O–H groups in total. The van der Waals surface area contributed by atoms with Gasteiger partial charge in [0.2, 0.25) is 5.79 Å². The maximum Gasteiger partial charge on any atom is 0.394 e. The lowest BCUT2D eigenvalue weighted by molar-refractivity contribution is -0.354. The molecule has 9 fully saturated rings. The summed E-state index contributed by atoms with van der Waals surface area (Å²) in [4.78, 5) is 51.6. The van der Waals surface area contributed by atoms with Gasteiger partial charge in [-0.2, -0.15) is 8.42 Å². The molecule has 19 heteroatoms. The van der Waals surface area contributed by atoms with Crippen molar-refractivity contribution in [3.8, 4) is 0 Å². The monoisotopic (exact) mass is 1070 g/mol. The van der Waals surface area contributed by atoms with Crippen LogP contribution in [0.1, 0.15) is 159 Å². The Balaban J connectivity index is 0.000000180. The lowest BCUT2D eigenvalue weighted by Gasteiger charge is -2.68. The number of rotatable bonds is 4. The van der Waals surface area contributed by atoms with Gasteiger partial charge < -0.3 is 44.8 Å². The van der Waals surface area contributed by atoms with Crippen LogP contribution in [0.2, 0.25) is 0 Å². The van der Waals surface area contributed by atoms with Crippen molar-refractivity contribution in [2.24, 2.45) is 57.7 Å². The Labute approximate surface area is 441 Å². The molecule has 4 bridgehead atoms. The molecule has 0 amide bonds. The van der Waals surface area contributed by atoms with Crippen LogP contribution >= 0.6 is 0 Å². The molecule has 20 unspecified atom stereocenters. The first-order chi connectivity index (χ1) is 34.5. The van der Waals surface area contributed by atoms with Crippen LogP contribution < -0.4 is 0 Å². The fourth-order valence-electron chi connectivity index (χ4n) is 19.3. The summed E-state index contributed by atoms with van der Waals surface area (Å²) in [6.45, 7) is 19.7. The Hall–Kier alpha value is -2.95. The number of nitrogens with zero attached hydrogens (tertiary/aromatic N) is 1. The Bertz CT molecular complexity index is 2610. The van der Waals surface area contributed by atoms with Gasteiger partial charge in [0, 0.05) is 79.5 Å². The molecular formula is C56H83NO17S. The van der Waals surface area contributed by atoms with Gasteiger partial charge >= 0.3 is 22.3 Å². The number of hydrogen-bond donors (Lipinski definition) is 8. The van der Waals surface area contributed by atoms with Crippen molar-refractivity contribution in [2.45, 2.75) is 217 Å². The number of ketones is 2. The highest BCUT2D eigenvalue weighted by Crippen LogP contribution is 2.78. The zero-order valence-electron chi connectivity index (χ0n) is 45.4. The molecule has 0 aromatic carbocycles. The molecule has 75 heavy (non-hydrogen) atoms. The van der Waals surface area contributed by atoms with E-state index in [1.165, 1.54) is 18.1 Å². The van der Waals surface area contributed by atoms with Crippen LogP contribution in [0.5, 0.6) is 0 Å². The summed E-state index contributed by atoms with van der Waals surface area (Å²) < 4.78 is 50.0. The van der Waals surface area contributed by atoms with Crippen molar-refractivity contribution in [3.63, 3.8) is 0 Å². The predicted molar refractivity (Wildman–Crippen MR) is 270 cm³/mol. The number of piperidine rings is 2. The number of esters is 2. The first kappa shape index (κ1) is 56.8. The van der Waals surface area contributed by atoms with Crippen LogP contribution in [0.25, 0.3) is 0 Å². The van der Waals surface area contributed by atoms with E-state index in [2.05, 4.69) is 38.7 Å². The number of aliphatic hydroxyl groups excluding tert-OH is 1. The average Bonchev–Trinajstić information content (AvgIpc) is 3.69. The molecule has 1 spiro atoms. The number of fused-ring (bicyclic) bond motifs is 10. The first-order valence-corrected chi connectivity index (χ1v) is 28.8. The van der Waals surface area contributed by atoms with Crippen molar-refractivity contribution < 1.29 is 81.6 Å². The van der Waals surface area contributed by atoms with Gasteiger partial charge in [-0.3, -0.25) is 28.4 Å². The third-order valence-corrected chi connectivity index (χ3v) is 22.9. The van der Waals surface area contributed by atoms with E-state index < -0.39 is 91.1 Å². The fourth-order valence-corrected chi connectivity index (χ4v) is 19.3. The maximum atomic E-state index is 12.9. The van der Waals surface area contributed by atoms with Gasteiger partial charge in [-0.05, 0) is 146 Å². The molecule has 3 saturated heterocycles. The van der Waals surface area contributed by atoms with Crippen LogP contribution in [-0.2, 0) is 43.8 Å². The summed E-state index contributed by atoms with van der Waals surface area (Å²) in [5, 5.41) is 73.9.